The second-order valence-electron chi connectivity index (χ2n) is 6.72. The van der Waals surface area contributed by atoms with Crippen molar-refractivity contribution in [1.29, 1.82) is 0 Å². The van der Waals surface area contributed by atoms with Crippen molar-refractivity contribution in [1.82, 2.24) is 5.32 Å². The van der Waals surface area contributed by atoms with Crippen molar-refractivity contribution in [3.63, 3.8) is 0 Å². The summed E-state index contributed by atoms with van der Waals surface area (Å²) < 4.78 is 14.4. The van der Waals surface area contributed by atoms with Gasteiger partial charge >= 0.3 is 0 Å². The first-order valence-electron chi connectivity index (χ1n) is 7.54. The standard InChI is InChI=1S/C17H25BrFN/c1-17(2)7-5-4-6-15(17)16(20-3)10-12-8-13(18)11-14(19)9-12/h8-9,11,15-16,20H,4-7,10H2,1-3H3. The molecular weight excluding hydrogens is 317 g/mol. The first-order valence-corrected chi connectivity index (χ1v) is 8.34. The van der Waals surface area contributed by atoms with Gasteiger partial charge in [0.15, 0.2) is 0 Å². The molecule has 1 N–H and O–H groups in total. The maximum absolute atomic E-state index is 13.5. The van der Waals surface area contributed by atoms with Gasteiger partial charge in [0.05, 0.1) is 0 Å². The van der Waals surface area contributed by atoms with Gasteiger partial charge in [0.1, 0.15) is 5.82 Å². The smallest absolute Gasteiger partial charge is 0.124 e. The highest BCUT2D eigenvalue weighted by Crippen LogP contribution is 2.43. The first-order chi connectivity index (χ1) is 9.42. The van der Waals surface area contributed by atoms with Gasteiger partial charge in [-0.05, 0) is 61.4 Å². The van der Waals surface area contributed by atoms with Crippen molar-refractivity contribution >= 4 is 15.9 Å². The largest absolute Gasteiger partial charge is 0.316 e. The van der Waals surface area contributed by atoms with Crippen LogP contribution in [0.3, 0.4) is 0 Å². The van der Waals surface area contributed by atoms with E-state index in [0.29, 0.717) is 17.4 Å². The highest BCUT2D eigenvalue weighted by atomic mass is 79.9. The van der Waals surface area contributed by atoms with E-state index in [0.717, 1.165) is 16.5 Å². The summed E-state index contributed by atoms with van der Waals surface area (Å²) >= 11 is 3.38. The number of likely N-dealkylation sites (N-methyl/N-ethyl adjacent to an activating group) is 1. The average molecular weight is 342 g/mol. The molecule has 0 spiro atoms. The third-order valence-electron chi connectivity index (χ3n) is 4.82. The Morgan fingerprint density at radius 2 is 2.10 bits per heavy atom. The van der Waals surface area contributed by atoms with E-state index in [1.54, 1.807) is 6.07 Å². The zero-order chi connectivity index (χ0) is 14.8. The molecule has 1 aromatic carbocycles. The molecule has 2 unspecified atom stereocenters. The lowest BCUT2D eigenvalue weighted by Gasteiger charge is -2.43. The average Bonchev–Trinajstić information content (AvgIpc) is 2.35. The third kappa shape index (κ3) is 3.82. The van der Waals surface area contributed by atoms with Gasteiger partial charge in [-0.25, -0.2) is 4.39 Å². The molecule has 2 atom stereocenters. The molecule has 1 aliphatic rings. The zero-order valence-electron chi connectivity index (χ0n) is 12.7. The van der Waals surface area contributed by atoms with Gasteiger partial charge in [-0.3, -0.25) is 0 Å². The highest BCUT2D eigenvalue weighted by Gasteiger charge is 2.36. The summed E-state index contributed by atoms with van der Waals surface area (Å²) in [4.78, 5) is 0. The summed E-state index contributed by atoms with van der Waals surface area (Å²) in [5, 5.41) is 3.48. The predicted molar refractivity (Wildman–Crippen MR) is 86.4 cm³/mol. The van der Waals surface area contributed by atoms with Crippen LogP contribution in [0.25, 0.3) is 0 Å². The molecule has 1 fully saturated rings. The Morgan fingerprint density at radius 1 is 1.35 bits per heavy atom. The minimum absolute atomic E-state index is 0.160. The van der Waals surface area contributed by atoms with Crippen LogP contribution in [0.1, 0.15) is 45.1 Å². The highest BCUT2D eigenvalue weighted by molar-refractivity contribution is 9.10. The minimum atomic E-state index is -0.160. The molecule has 1 aromatic rings. The molecule has 20 heavy (non-hydrogen) atoms. The summed E-state index contributed by atoms with van der Waals surface area (Å²) in [5.41, 5.74) is 1.44. The molecular formula is C17H25BrFN. The van der Waals surface area contributed by atoms with E-state index in [4.69, 9.17) is 0 Å². The van der Waals surface area contributed by atoms with Gasteiger partial charge in [-0.2, -0.15) is 0 Å². The van der Waals surface area contributed by atoms with Crippen molar-refractivity contribution in [3.05, 3.63) is 34.1 Å². The second-order valence-corrected chi connectivity index (χ2v) is 7.63. The van der Waals surface area contributed by atoms with Gasteiger partial charge in [-0.1, -0.05) is 42.6 Å². The minimum Gasteiger partial charge on any atom is -0.316 e. The van der Waals surface area contributed by atoms with Crippen molar-refractivity contribution in [2.75, 3.05) is 7.05 Å². The van der Waals surface area contributed by atoms with Crippen LogP contribution in [0.2, 0.25) is 0 Å². The fraction of sp³-hybridized carbons (Fsp3) is 0.647. The molecule has 1 aliphatic carbocycles. The Hall–Kier alpha value is -0.410. The van der Waals surface area contributed by atoms with Crippen LogP contribution in [-0.2, 0) is 6.42 Å². The number of benzene rings is 1. The van der Waals surface area contributed by atoms with Crippen LogP contribution < -0.4 is 5.32 Å². The molecule has 2 rings (SSSR count). The van der Waals surface area contributed by atoms with Gasteiger partial charge in [0, 0.05) is 10.5 Å². The molecule has 1 nitrogen and oxygen atoms in total. The predicted octanol–water partition coefficient (Wildman–Crippen LogP) is 4.94. The number of hydrogen-bond donors (Lipinski definition) is 1. The summed E-state index contributed by atoms with van der Waals surface area (Å²) in [7, 11) is 2.03. The molecule has 0 bridgehead atoms. The zero-order valence-corrected chi connectivity index (χ0v) is 14.3. The number of rotatable bonds is 4. The molecule has 0 saturated heterocycles. The van der Waals surface area contributed by atoms with Crippen molar-refractivity contribution in [2.45, 2.75) is 52.0 Å². The number of halogens is 2. The number of nitrogens with one attached hydrogen (secondary N) is 1. The van der Waals surface area contributed by atoms with Crippen LogP contribution in [0.15, 0.2) is 22.7 Å². The fourth-order valence-electron chi connectivity index (χ4n) is 3.70. The fourth-order valence-corrected chi connectivity index (χ4v) is 4.21. The lowest BCUT2D eigenvalue weighted by molar-refractivity contribution is 0.101. The van der Waals surface area contributed by atoms with E-state index < -0.39 is 0 Å². The first kappa shape index (κ1) is 16.0. The molecule has 0 amide bonds. The Morgan fingerprint density at radius 3 is 2.70 bits per heavy atom. The van der Waals surface area contributed by atoms with Crippen molar-refractivity contribution in [2.24, 2.45) is 11.3 Å². The Labute approximate surface area is 130 Å². The van der Waals surface area contributed by atoms with Gasteiger partial charge in [0.25, 0.3) is 0 Å². The normalized spacial score (nSPS) is 23.6. The van der Waals surface area contributed by atoms with E-state index in [-0.39, 0.29) is 5.82 Å². The molecule has 1 saturated carbocycles. The summed E-state index contributed by atoms with van der Waals surface area (Å²) in [5.74, 6) is 0.496. The van der Waals surface area contributed by atoms with E-state index in [2.05, 4.69) is 35.1 Å². The van der Waals surface area contributed by atoms with Gasteiger partial charge in [-0.15, -0.1) is 0 Å². The number of hydrogen-bond acceptors (Lipinski definition) is 1. The van der Waals surface area contributed by atoms with E-state index >= 15 is 0 Å². The second kappa shape index (κ2) is 6.57. The van der Waals surface area contributed by atoms with Crippen molar-refractivity contribution < 1.29 is 4.39 Å². The third-order valence-corrected chi connectivity index (χ3v) is 5.28. The lowest BCUT2D eigenvalue weighted by atomic mass is 9.65. The van der Waals surface area contributed by atoms with Crippen LogP contribution in [0, 0.1) is 17.2 Å². The van der Waals surface area contributed by atoms with E-state index in [1.165, 1.54) is 31.7 Å². The Kier molecular flexibility index (Phi) is 5.25. The lowest BCUT2D eigenvalue weighted by Crippen LogP contribution is -2.44. The quantitative estimate of drug-likeness (QED) is 0.818. The van der Waals surface area contributed by atoms with Crippen LogP contribution >= 0.6 is 15.9 Å². The van der Waals surface area contributed by atoms with Crippen LogP contribution in [-0.4, -0.2) is 13.1 Å². The SMILES string of the molecule is CNC(Cc1cc(F)cc(Br)c1)C1CCCCC1(C)C. The summed E-state index contributed by atoms with van der Waals surface area (Å²) in [6.07, 6.45) is 6.11. The maximum Gasteiger partial charge on any atom is 0.124 e. The molecule has 0 aromatic heterocycles. The Bertz CT molecular complexity index is 438. The van der Waals surface area contributed by atoms with Gasteiger partial charge in [0.2, 0.25) is 0 Å². The molecule has 112 valence electrons. The maximum atomic E-state index is 13.5. The van der Waals surface area contributed by atoms with E-state index in [1.807, 2.05) is 13.1 Å². The molecule has 0 aliphatic heterocycles. The molecule has 3 heteroatoms. The topological polar surface area (TPSA) is 12.0 Å². The monoisotopic (exact) mass is 341 g/mol. The van der Waals surface area contributed by atoms with Gasteiger partial charge < -0.3 is 5.32 Å². The van der Waals surface area contributed by atoms with Crippen molar-refractivity contribution in [3.8, 4) is 0 Å². The van der Waals surface area contributed by atoms with Crippen LogP contribution in [0.5, 0.6) is 0 Å². The molecule has 0 heterocycles. The summed E-state index contributed by atoms with van der Waals surface area (Å²) in [6.45, 7) is 4.76. The summed E-state index contributed by atoms with van der Waals surface area (Å²) in [6, 6.07) is 5.62. The molecule has 0 radical (unpaired) electrons. The van der Waals surface area contributed by atoms with Crippen LogP contribution in [0.4, 0.5) is 4.39 Å². The van der Waals surface area contributed by atoms with E-state index in [9.17, 15) is 4.39 Å². The Balaban J connectivity index is 2.15.